The standard InChI is InChI=1S/C24H30N4O3/c1-17-21(18(2)28(26-17)20-9-7-6-8-10-20)15-27(3)16-24(29)25-14-19-11-12-22(30-4)23(13-19)31-5/h6-13H,14-16H2,1-5H3,(H,25,29)/p+1. The van der Waals surface area contributed by atoms with Crippen molar-refractivity contribution in [2.45, 2.75) is 26.9 Å². The molecule has 0 bridgehead atoms. The van der Waals surface area contributed by atoms with E-state index in [2.05, 4.69) is 12.2 Å². The van der Waals surface area contributed by atoms with Gasteiger partial charge in [-0.3, -0.25) is 4.79 Å². The summed E-state index contributed by atoms with van der Waals surface area (Å²) in [5.41, 5.74) is 5.27. The Morgan fingerprint density at radius 1 is 1.06 bits per heavy atom. The molecular weight excluding hydrogens is 392 g/mol. The van der Waals surface area contributed by atoms with Crippen LogP contribution in [0.2, 0.25) is 0 Å². The van der Waals surface area contributed by atoms with E-state index in [1.165, 1.54) is 5.56 Å². The van der Waals surface area contributed by atoms with Gasteiger partial charge in [-0.15, -0.1) is 0 Å². The zero-order chi connectivity index (χ0) is 22.4. The van der Waals surface area contributed by atoms with E-state index in [0.717, 1.165) is 34.1 Å². The highest BCUT2D eigenvalue weighted by molar-refractivity contribution is 5.76. The van der Waals surface area contributed by atoms with Gasteiger partial charge in [0.1, 0.15) is 6.54 Å². The Bertz CT molecular complexity index is 1030. The minimum absolute atomic E-state index is 0.00181. The summed E-state index contributed by atoms with van der Waals surface area (Å²) in [5.74, 6) is 1.32. The first kappa shape index (κ1) is 22.4. The molecule has 7 heteroatoms. The minimum atomic E-state index is -0.00181. The number of benzene rings is 2. The van der Waals surface area contributed by atoms with E-state index in [1.54, 1.807) is 14.2 Å². The Labute approximate surface area is 183 Å². The summed E-state index contributed by atoms with van der Waals surface area (Å²) in [6.45, 7) is 5.65. The van der Waals surface area contributed by atoms with Crippen LogP contribution >= 0.6 is 0 Å². The molecule has 1 heterocycles. The summed E-state index contributed by atoms with van der Waals surface area (Å²) >= 11 is 0. The molecule has 1 aromatic heterocycles. The number of hydrogen-bond donors (Lipinski definition) is 2. The van der Waals surface area contributed by atoms with E-state index in [-0.39, 0.29) is 5.91 Å². The number of rotatable bonds is 9. The number of aromatic nitrogens is 2. The number of quaternary nitrogens is 1. The van der Waals surface area contributed by atoms with Crippen LogP contribution in [0, 0.1) is 13.8 Å². The SMILES string of the molecule is COc1ccc(CNC(=O)C[NH+](C)Cc2c(C)nn(-c3ccccc3)c2C)cc1OC. The molecule has 0 radical (unpaired) electrons. The first-order chi connectivity index (χ1) is 14.9. The molecule has 1 amide bonds. The van der Waals surface area contributed by atoms with E-state index in [9.17, 15) is 4.79 Å². The first-order valence-corrected chi connectivity index (χ1v) is 10.3. The number of aryl methyl sites for hydroxylation is 1. The molecule has 1 atom stereocenters. The van der Waals surface area contributed by atoms with Gasteiger partial charge in [0.2, 0.25) is 0 Å². The normalized spacial score (nSPS) is 11.8. The van der Waals surface area contributed by atoms with Gasteiger partial charge in [0.05, 0.1) is 43.9 Å². The number of likely N-dealkylation sites (N-methyl/N-ethyl adjacent to an activating group) is 1. The van der Waals surface area contributed by atoms with Crippen molar-refractivity contribution in [3.63, 3.8) is 0 Å². The molecule has 0 aliphatic carbocycles. The summed E-state index contributed by atoms with van der Waals surface area (Å²) in [5, 5.41) is 7.69. The third-order valence-electron chi connectivity index (χ3n) is 5.32. The molecular formula is C24H31N4O3+. The Morgan fingerprint density at radius 2 is 1.77 bits per heavy atom. The second kappa shape index (κ2) is 10.1. The fourth-order valence-corrected chi connectivity index (χ4v) is 3.64. The van der Waals surface area contributed by atoms with Crippen molar-refractivity contribution in [3.8, 4) is 17.2 Å². The van der Waals surface area contributed by atoms with Gasteiger partial charge in [-0.25, -0.2) is 4.68 Å². The van der Waals surface area contributed by atoms with Crippen LogP contribution in [0.4, 0.5) is 0 Å². The predicted octanol–water partition coefficient (Wildman–Crippen LogP) is 1.84. The highest BCUT2D eigenvalue weighted by Crippen LogP contribution is 2.27. The summed E-state index contributed by atoms with van der Waals surface area (Å²) in [4.78, 5) is 13.6. The molecule has 2 aromatic carbocycles. The van der Waals surface area contributed by atoms with Crippen molar-refractivity contribution < 1.29 is 19.2 Å². The van der Waals surface area contributed by atoms with Crippen LogP contribution in [0.1, 0.15) is 22.5 Å². The van der Waals surface area contributed by atoms with Crippen molar-refractivity contribution >= 4 is 5.91 Å². The van der Waals surface area contributed by atoms with E-state index in [0.29, 0.717) is 24.6 Å². The number of methoxy groups -OCH3 is 2. The summed E-state index contributed by atoms with van der Waals surface area (Å²) in [6.07, 6.45) is 0. The van der Waals surface area contributed by atoms with Gasteiger partial charge < -0.3 is 19.7 Å². The Balaban J connectivity index is 1.58. The summed E-state index contributed by atoms with van der Waals surface area (Å²) < 4.78 is 12.5. The maximum absolute atomic E-state index is 12.5. The maximum Gasteiger partial charge on any atom is 0.275 e. The van der Waals surface area contributed by atoms with Gasteiger partial charge in [0, 0.05) is 6.54 Å². The molecule has 0 aliphatic rings. The molecule has 0 fully saturated rings. The van der Waals surface area contributed by atoms with Gasteiger partial charge in [-0.1, -0.05) is 24.3 Å². The highest BCUT2D eigenvalue weighted by atomic mass is 16.5. The fraction of sp³-hybridized carbons (Fsp3) is 0.333. The lowest BCUT2D eigenvalue weighted by Gasteiger charge is -2.15. The molecule has 0 saturated carbocycles. The number of carbonyl (C=O) groups is 1. The fourth-order valence-electron chi connectivity index (χ4n) is 3.64. The van der Waals surface area contributed by atoms with Crippen LogP contribution in [0.15, 0.2) is 48.5 Å². The van der Waals surface area contributed by atoms with Crippen molar-refractivity contribution in [1.82, 2.24) is 15.1 Å². The number of ether oxygens (including phenoxy) is 2. The van der Waals surface area contributed by atoms with Crippen molar-refractivity contribution in [1.29, 1.82) is 0 Å². The lowest BCUT2D eigenvalue weighted by atomic mass is 10.2. The average Bonchev–Trinajstić information content (AvgIpc) is 3.06. The highest BCUT2D eigenvalue weighted by Gasteiger charge is 2.18. The lowest BCUT2D eigenvalue weighted by molar-refractivity contribution is -0.885. The van der Waals surface area contributed by atoms with Crippen LogP contribution < -0.4 is 19.7 Å². The number of amides is 1. The molecule has 0 aliphatic heterocycles. The second-order valence-electron chi connectivity index (χ2n) is 7.67. The van der Waals surface area contributed by atoms with Gasteiger partial charge in [-0.2, -0.15) is 5.10 Å². The Morgan fingerprint density at radius 3 is 2.45 bits per heavy atom. The predicted molar refractivity (Wildman–Crippen MR) is 120 cm³/mol. The second-order valence-corrected chi connectivity index (χ2v) is 7.67. The lowest BCUT2D eigenvalue weighted by Crippen LogP contribution is -3.09. The van der Waals surface area contributed by atoms with Crippen LogP contribution in [0.5, 0.6) is 11.5 Å². The quantitative estimate of drug-likeness (QED) is 0.551. The van der Waals surface area contributed by atoms with Crippen LogP contribution in [-0.2, 0) is 17.9 Å². The largest absolute Gasteiger partial charge is 0.493 e. The molecule has 1 unspecified atom stereocenters. The molecule has 3 aromatic rings. The third kappa shape index (κ3) is 5.44. The minimum Gasteiger partial charge on any atom is -0.493 e. The third-order valence-corrected chi connectivity index (χ3v) is 5.32. The van der Waals surface area contributed by atoms with Crippen molar-refractivity contribution in [3.05, 3.63) is 71.0 Å². The van der Waals surface area contributed by atoms with Crippen LogP contribution in [0.25, 0.3) is 5.69 Å². The molecule has 164 valence electrons. The molecule has 2 N–H and O–H groups in total. The van der Waals surface area contributed by atoms with E-state index >= 15 is 0 Å². The maximum atomic E-state index is 12.5. The summed E-state index contributed by atoms with van der Waals surface area (Å²) in [6, 6.07) is 15.7. The Kier molecular flexibility index (Phi) is 7.31. The van der Waals surface area contributed by atoms with E-state index in [1.807, 2.05) is 67.2 Å². The number of nitrogens with zero attached hydrogens (tertiary/aromatic N) is 2. The Hall–Kier alpha value is -3.32. The van der Waals surface area contributed by atoms with Gasteiger partial charge in [-0.05, 0) is 43.7 Å². The summed E-state index contributed by atoms with van der Waals surface area (Å²) in [7, 11) is 5.22. The zero-order valence-corrected chi connectivity index (χ0v) is 18.9. The van der Waals surface area contributed by atoms with E-state index in [4.69, 9.17) is 14.6 Å². The van der Waals surface area contributed by atoms with Crippen LogP contribution in [0.3, 0.4) is 0 Å². The van der Waals surface area contributed by atoms with Crippen molar-refractivity contribution in [2.75, 3.05) is 27.8 Å². The number of hydrogen-bond acceptors (Lipinski definition) is 4. The topological polar surface area (TPSA) is 69.8 Å². The molecule has 0 spiro atoms. The zero-order valence-electron chi connectivity index (χ0n) is 18.9. The van der Waals surface area contributed by atoms with Crippen LogP contribution in [-0.4, -0.2) is 43.5 Å². The number of para-hydroxylation sites is 1. The number of carbonyl (C=O) groups excluding carboxylic acids is 1. The van der Waals surface area contributed by atoms with E-state index < -0.39 is 0 Å². The monoisotopic (exact) mass is 423 g/mol. The van der Waals surface area contributed by atoms with Gasteiger partial charge >= 0.3 is 0 Å². The molecule has 0 saturated heterocycles. The van der Waals surface area contributed by atoms with Gasteiger partial charge in [0.15, 0.2) is 18.0 Å². The smallest absolute Gasteiger partial charge is 0.275 e. The first-order valence-electron chi connectivity index (χ1n) is 10.3. The van der Waals surface area contributed by atoms with Crippen molar-refractivity contribution in [2.24, 2.45) is 0 Å². The molecule has 3 rings (SSSR count). The molecule has 31 heavy (non-hydrogen) atoms. The number of nitrogens with one attached hydrogen (secondary N) is 2. The van der Waals surface area contributed by atoms with Gasteiger partial charge in [0.25, 0.3) is 5.91 Å². The average molecular weight is 424 g/mol. The molecule has 7 nitrogen and oxygen atoms in total.